The van der Waals surface area contributed by atoms with E-state index in [-0.39, 0.29) is 17.1 Å². The smallest absolute Gasteiger partial charge is 0.254 e. The number of hydrogen-bond donors (Lipinski definition) is 1. The first kappa shape index (κ1) is 13.3. The van der Waals surface area contributed by atoms with Crippen molar-refractivity contribution < 1.29 is 9.50 Å². The number of aromatic hydroxyl groups is 1. The van der Waals surface area contributed by atoms with Gasteiger partial charge in [-0.3, -0.25) is 9.78 Å². The molecule has 0 atom stereocenters. The van der Waals surface area contributed by atoms with Crippen molar-refractivity contribution in [3.05, 3.63) is 69.9 Å². The Hall–Kier alpha value is -2.69. The first-order chi connectivity index (χ1) is 10.0. The van der Waals surface area contributed by atoms with Crippen LogP contribution < -0.4 is 5.56 Å². The number of rotatable bonds is 2. The number of pyridine rings is 2. The molecule has 4 nitrogen and oxygen atoms in total. The van der Waals surface area contributed by atoms with E-state index in [1.807, 2.05) is 6.07 Å². The predicted molar refractivity (Wildman–Crippen MR) is 77.9 cm³/mol. The molecule has 0 spiro atoms. The molecule has 106 valence electrons. The molecule has 5 heteroatoms. The summed E-state index contributed by atoms with van der Waals surface area (Å²) in [6.07, 6.45) is 2.23. The van der Waals surface area contributed by atoms with Crippen LogP contribution in [-0.4, -0.2) is 14.7 Å². The number of fused-ring (bicyclic) bond motifs is 1. The second-order valence-corrected chi connectivity index (χ2v) is 4.94. The Morgan fingerprint density at radius 2 is 1.90 bits per heavy atom. The van der Waals surface area contributed by atoms with Gasteiger partial charge in [0, 0.05) is 19.3 Å². The summed E-state index contributed by atoms with van der Waals surface area (Å²) >= 11 is 0. The van der Waals surface area contributed by atoms with Gasteiger partial charge in [0.25, 0.3) is 5.56 Å². The average molecular weight is 284 g/mol. The molecule has 0 fully saturated rings. The highest BCUT2D eigenvalue weighted by atomic mass is 19.1. The zero-order valence-corrected chi connectivity index (χ0v) is 11.4. The van der Waals surface area contributed by atoms with Crippen LogP contribution in [0.5, 0.6) is 5.75 Å². The lowest BCUT2D eigenvalue weighted by atomic mass is 10.1. The molecule has 2 heterocycles. The van der Waals surface area contributed by atoms with Gasteiger partial charge in [-0.25, -0.2) is 4.39 Å². The standard InChI is InChI=1S/C16H13FN2O2/c1-19-13-7-11(6-10-2-4-12(17)5-3-10)9-18-16(13)14(20)8-15(19)21/h2-5,7-9,20H,6H2,1H3. The SMILES string of the molecule is Cn1c(=O)cc(O)c2ncc(Cc3ccc(F)cc3)cc21. The minimum Gasteiger partial charge on any atom is -0.505 e. The Kier molecular flexibility index (Phi) is 3.17. The highest BCUT2D eigenvalue weighted by Gasteiger charge is 2.08. The van der Waals surface area contributed by atoms with E-state index in [9.17, 15) is 14.3 Å². The van der Waals surface area contributed by atoms with Gasteiger partial charge < -0.3 is 9.67 Å². The van der Waals surface area contributed by atoms with Crippen molar-refractivity contribution in [2.45, 2.75) is 6.42 Å². The van der Waals surface area contributed by atoms with Crippen LogP contribution in [0.2, 0.25) is 0 Å². The van der Waals surface area contributed by atoms with Crippen molar-refractivity contribution in [2.75, 3.05) is 0 Å². The Morgan fingerprint density at radius 1 is 1.19 bits per heavy atom. The fourth-order valence-corrected chi connectivity index (χ4v) is 2.28. The zero-order chi connectivity index (χ0) is 15.0. The highest BCUT2D eigenvalue weighted by Crippen LogP contribution is 2.21. The molecule has 0 aliphatic carbocycles. The number of aryl methyl sites for hydroxylation is 1. The van der Waals surface area contributed by atoms with Crippen LogP contribution >= 0.6 is 0 Å². The Morgan fingerprint density at radius 3 is 2.62 bits per heavy atom. The van der Waals surface area contributed by atoms with E-state index in [1.54, 1.807) is 25.4 Å². The number of halogens is 1. The van der Waals surface area contributed by atoms with Crippen molar-refractivity contribution in [2.24, 2.45) is 7.05 Å². The van der Waals surface area contributed by atoms with Gasteiger partial charge in [0.2, 0.25) is 0 Å². The van der Waals surface area contributed by atoms with Gasteiger partial charge in [0.05, 0.1) is 5.52 Å². The molecular formula is C16H13FN2O2. The summed E-state index contributed by atoms with van der Waals surface area (Å²) in [5.74, 6) is -0.399. The number of aromatic nitrogens is 2. The number of hydrogen-bond acceptors (Lipinski definition) is 3. The van der Waals surface area contributed by atoms with Crippen molar-refractivity contribution >= 4 is 11.0 Å². The van der Waals surface area contributed by atoms with Gasteiger partial charge in [0.15, 0.2) is 0 Å². The lowest BCUT2D eigenvalue weighted by molar-refractivity contribution is 0.478. The van der Waals surface area contributed by atoms with Crippen LogP contribution in [0.4, 0.5) is 4.39 Å². The lowest BCUT2D eigenvalue weighted by Crippen LogP contribution is -2.16. The van der Waals surface area contributed by atoms with Crippen molar-refractivity contribution in [3.63, 3.8) is 0 Å². The minimum absolute atomic E-state index is 0.124. The van der Waals surface area contributed by atoms with E-state index in [0.29, 0.717) is 17.5 Å². The minimum atomic E-state index is -0.291. The maximum atomic E-state index is 12.9. The highest BCUT2D eigenvalue weighted by molar-refractivity contribution is 5.81. The molecule has 0 radical (unpaired) electrons. The normalized spacial score (nSPS) is 11.0. The van der Waals surface area contributed by atoms with Crippen LogP contribution in [0.1, 0.15) is 11.1 Å². The zero-order valence-electron chi connectivity index (χ0n) is 11.4. The third kappa shape index (κ3) is 2.50. The average Bonchev–Trinajstić information content (AvgIpc) is 2.47. The molecule has 21 heavy (non-hydrogen) atoms. The van der Waals surface area contributed by atoms with Crippen molar-refractivity contribution in [1.29, 1.82) is 0 Å². The monoisotopic (exact) mass is 284 g/mol. The molecule has 3 aromatic rings. The molecule has 1 N–H and O–H groups in total. The molecule has 1 aromatic carbocycles. The number of benzene rings is 1. The second-order valence-electron chi connectivity index (χ2n) is 4.94. The van der Waals surface area contributed by atoms with E-state index >= 15 is 0 Å². The maximum absolute atomic E-state index is 12.9. The fraction of sp³-hybridized carbons (Fsp3) is 0.125. The van der Waals surface area contributed by atoms with E-state index in [1.165, 1.54) is 16.7 Å². The summed E-state index contributed by atoms with van der Waals surface area (Å²) in [7, 11) is 1.63. The summed E-state index contributed by atoms with van der Waals surface area (Å²) in [5, 5.41) is 9.77. The van der Waals surface area contributed by atoms with Gasteiger partial charge in [-0.05, 0) is 35.7 Å². The molecule has 0 saturated heterocycles. The molecular weight excluding hydrogens is 271 g/mol. The van der Waals surface area contributed by atoms with E-state index in [2.05, 4.69) is 4.98 Å². The molecule has 2 aromatic heterocycles. The molecule has 0 bridgehead atoms. The number of nitrogens with zero attached hydrogens (tertiary/aromatic N) is 2. The van der Waals surface area contributed by atoms with Gasteiger partial charge in [-0.1, -0.05) is 12.1 Å². The summed E-state index contributed by atoms with van der Waals surface area (Å²) in [6, 6.07) is 9.20. The van der Waals surface area contributed by atoms with Crippen LogP contribution in [0.15, 0.2) is 47.4 Å². The third-order valence-electron chi connectivity index (χ3n) is 3.44. The first-order valence-corrected chi connectivity index (χ1v) is 6.46. The first-order valence-electron chi connectivity index (χ1n) is 6.46. The predicted octanol–water partition coefficient (Wildman–Crippen LogP) is 2.37. The summed E-state index contributed by atoms with van der Waals surface area (Å²) < 4.78 is 14.3. The molecule has 0 aliphatic heterocycles. The van der Waals surface area contributed by atoms with Crippen LogP contribution in [0.3, 0.4) is 0 Å². The Labute approximate surface area is 120 Å². The van der Waals surface area contributed by atoms with Crippen LogP contribution in [0.25, 0.3) is 11.0 Å². The molecule has 0 saturated carbocycles. The van der Waals surface area contributed by atoms with Gasteiger partial charge in [0.1, 0.15) is 17.1 Å². The summed E-state index contributed by atoms with van der Waals surface area (Å²) in [4.78, 5) is 15.9. The maximum Gasteiger partial charge on any atom is 0.254 e. The van der Waals surface area contributed by atoms with E-state index < -0.39 is 0 Å². The van der Waals surface area contributed by atoms with Gasteiger partial charge >= 0.3 is 0 Å². The quantitative estimate of drug-likeness (QED) is 0.786. The molecule has 0 unspecified atom stereocenters. The van der Waals surface area contributed by atoms with E-state index in [0.717, 1.165) is 17.2 Å². The Bertz CT molecular complexity index is 870. The van der Waals surface area contributed by atoms with Crippen LogP contribution in [0, 0.1) is 5.82 Å². The van der Waals surface area contributed by atoms with Crippen molar-refractivity contribution in [3.8, 4) is 5.75 Å². The summed E-state index contributed by atoms with van der Waals surface area (Å²) in [6.45, 7) is 0. The Balaban J connectivity index is 2.06. The molecule has 0 aliphatic rings. The molecule has 0 amide bonds. The topological polar surface area (TPSA) is 55.1 Å². The largest absolute Gasteiger partial charge is 0.505 e. The van der Waals surface area contributed by atoms with Gasteiger partial charge in [-0.2, -0.15) is 0 Å². The fourth-order valence-electron chi connectivity index (χ4n) is 2.28. The summed E-state index contributed by atoms with van der Waals surface area (Å²) in [5.41, 5.74) is 2.50. The third-order valence-corrected chi connectivity index (χ3v) is 3.44. The second kappa shape index (κ2) is 5.01. The van der Waals surface area contributed by atoms with Crippen molar-refractivity contribution in [1.82, 2.24) is 9.55 Å². The molecule has 3 rings (SSSR count). The van der Waals surface area contributed by atoms with Gasteiger partial charge in [-0.15, -0.1) is 0 Å². The lowest BCUT2D eigenvalue weighted by Gasteiger charge is -2.08. The van der Waals surface area contributed by atoms with E-state index in [4.69, 9.17) is 0 Å². The van der Waals surface area contributed by atoms with Crippen LogP contribution in [-0.2, 0) is 13.5 Å².